The minimum absolute atomic E-state index is 0.0208. The number of nitrogens with one attached hydrogen (secondary N) is 1. The fraction of sp³-hybridized carbons (Fsp3) is 0.545. The van der Waals surface area contributed by atoms with Crippen LogP contribution >= 0.6 is 11.6 Å². The molecule has 59 heavy (non-hydrogen) atoms. The van der Waals surface area contributed by atoms with Gasteiger partial charge in [-0.1, -0.05) is 39.3 Å². The number of hydrogen-bond donors (Lipinski definition) is 3. The van der Waals surface area contributed by atoms with Crippen LogP contribution in [0.3, 0.4) is 0 Å². The molecular weight excluding hydrogens is 782 g/mol. The summed E-state index contributed by atoms with van der Waals surface area (Å²) in [5.41, 5.74) is -0.610. The summed E-state index contributed by atoms with van der Waals surface area (Å²) in [5, 5.41) is 21.7. The topological polar surface area (TPSA) is 140 Å². The summed E-state index contributed by atoms with van der Waals surface area (Å²) in [7, 11) is 8.23. The first kappa shape index (κ1) is 47.3. The van der Waals surface area contributed by atoms with Crippen LogP contribution in [0.1, 0.15) is 74.1 Å². The van der Waals surface area contributed by atoms with Crippen molar-refractivity contribution < 1.29 is 28.6 Å². The third-order valence-electron chi connectivity index (χ3n) is 11.0. The van der Waals surface area contributed by atoms with Crippen LogP contribution < -0.4 is 21.1 Å². The number of piperidine rings is 2. The molecule has 2 aliphatic rings. The number of carbonyl (C=O) groups is 2. The first-order valence-corrected chi connectivity index (χ1v) is 20.8. The van der Waals surface area contributed by atoms with Gasteiger partial charge in [0.15, 0.2) is 0 Å². The number of anilines is 1. The minimum atomic E-state index is -1.33. The van der Waals surface area contributed by atoms with Crippen molar-refractivity contribution >= 4 is 51.0 Å². The lowest BCUT2D eigenvalue weighted by molar-refractivity contribution is 0.0684. The molecule has 4 aromatic rings. The summed E-state index contributed by atoms with van der Waals surface area (Å²) < 4.78 is 31.9. The molecule has 0 bridgehead atoms. The van der Waals surface area contributed by atoms with Gasteiger partial charge < -0.3 is 39.4 Å². The number of rotatable bonds is 11. The number of nitrogens with zero attached hydrogens (tertiary/aromatic N) is 5. The van der Waals surface area contributed by atoms with Gasteiger partial charge in [-0.25, -0.2) is 18.4 Å². The number of aromatic nitrogens is 2. The van der Waals surface area contributed by atoms with Crippen LogP contribution in [-0.2, 0) is 13.1 Å². The van der Waals surface area contributed by atoms with Gasteiger partial charge >= 0.3 is 11.9 Å². The largest absolute Gasteiger partial charge is 0.477 e. The van der Waals surface area contributed by atoms with Gasteiger partial charge in [0, 0.05) is 49.8 Å². The van der Waals surface area contributed by atoms with Crippen molar-refractivity contribution in [2.75, 3.05) is 72.4 Å². The highest BCUT2D eigenvalue weighted by atomic mass is 35.5. The van der Waals surface area contributed by atoms with E-state index >= 15 is 0 Å². The lowest BCUT2D eigenvalue weighted by Crippen LogP contribution is -2.36. The normalized spacial score (nSPS) is 15.6. The van der Waals surface area contributed by atoms with Crippen LogP contribution in [0.5, 0.6) is 0 Å². The Hall–Kier alpha value is -4.37. The molecule has 6 rings (SSSR count). The number of pyridine rings is 2. The molecule has 0 saturated carbocycles. The molecule has 0 radical (unpaired) electrons. The standard InChI is InChI=1S/C22H30FN3O3.C14H13ClFNO3.C8H18N2/c1-14(2)11-26-13-17(22(28)29)21(27)16-9-18(23)20(10-19(16)26)25(4)12-15-5-7-24(3)8-6-15;1-7(2)5-17-6-9(14(19)20)13(18)8-3-11(16)10(15)4-12(8)17;1-9-7-8-3-5-10(2)6-4-8/h9-10,13-15H,5-8,11-12H2,1-4H3,(H,28,29);3-4,6-7H,5H2,1-2H3,(H,19,20);8-9H,3-7H2,1-2H3. The molecule has 2 fully saturated rings. The number of aromatic carboxylic acids is 2. The lowest BCUT2D eigenvalue weighted by Gasteiger charge is -2.32. The molecule has 3 N–H and O–H groups in total. The van der Waals surface area contributed by atoms with Gasteiger partial charge in [-0.2, -0.15) is 0 Å². The second-order valence-electron chi connectivity index (χ2n) is 17.0. The van der Waals surface area contributed by atoms with E-state index < -0.39 is 34.4 Å². The van der Waals surface area contributed by atoms with E-state index in [1.165, 1.54) is 57.0 Å². The second-order valence-corrected chi connectivity index (χ2v) is 17.4. The molecular formula is C44H61ClF2N6O6. The number of carboxylic acids is 2. The third-order valence-corrected chi connectivity index (χ3v) is 11.3. The first-order chi connectivity index (χ1) is 27.8. The van der Waals surface area contributed by atoms with Gasteiger partial charge in [0.2, 0.25) is 10.9 Å². The number of hydrogen-bond acceptors (Lipinski definition) is 8. The summed E-state index contributed by atoms with van der Waals surface area (Å²) in [6.07, 6.45) is 7.56. The Bertz CT molecular complexity index is 2210. The maximum Gasteiger partial charge on any atom is 0.341 e. The Morgan fingerprint density at radius 3 is 1.61 bits per heavy atom. The van der Waals surface area contributed by atoms with Gasteiger partial charge in [-0.3, -0.25) is 9.59 Å². The predicted octanol–water partition coefficient (Wildman–Crippen LogP) is 6.97. The number of likely N-dealkylation sites (tertiary alicyclic amines) is 2. The smallest absolute Gasteiger partial charge is 0.341 e. The quantitative estimate of drug-likeness (QED) is 0.145. The highest BCUT2D eigenvalue weighted by Gasteiger charge is 2.23. The highest BCUT2D eigenvalue weighted by Crippen LogP contribution is 2.28. The van der Waals surface area contributed by atoms with E-state index in [0.29, 0.717) is 35.7 Å². The molecule has 324 valence electrons. The van der Waals surface area contributed by atoms with E-state index in [9.17, 15) is 33.1 Å². The fourth-order valence-electron chi connectivity index (χ4n) is 7.76. The number of benzene rings is 2. The monoisotopic (exact) mass is 842 g/mol. The van der Waals surface area contributed by atoms with Crippen molar-refractivity contribution in [3.8, 4) is 0 Å². The molecule has 0 spiro atoms. The molecule has 2 aromatic carbocycles. The van der Waals surface area contributed by atoms with E-state index in [1.54, 1.807) is 15.2 Å². The molecule has 15 heteroatoms. The zero-order valence-electron chi connectivity index (χ0n) is 35.7. The molecule has 12 nitrogen and oxygen atoms in total. The van der Waals surface area contributed by atoms with E-state index in [2.05, 4.69) is 29.2 Å². The molecule has 0 unspecified atom stereocenters. The van der Waals surface area contributed by atoms with Crippen molar-refractivity contribution in [1.29, 1.82) is 0 Å². The maximum atomic E-state index is 14.9. The average molecular weight is 843 g/mol. The summed E-state index contributed by atoms with van der Waals surface area (Å²) in [4.78, 5) is 53.9. The van der Waals surface area contributed by atoms with Crippen LogP contribution in [0.25, 0.3) is 21.8 Å². The maximum absolute atomic E-state index is 14.9. The van der Waals surface area contributed by atoms with Crippen molar-refractivity contribution in [2.24, 2.45) is 23.7 Å². The molecule has 0 aliphatic carbocycles. The summed E-state index contributed by atoms with van der Waals surface area (Å²) >= 11 is 5.74. The lowest BCUT2D eigenvalue weighted by atomic mass is 9.96. The van der Waals surface area contributed by atoms with Crippen molar-refractivity contribution in [3.63, 3.8) is 0 Å². The van der Waals surface area contributed by atoms with E-state index in [-0.39, 0.29) is 38.8 Å². The molecule has 4 heterocycles. The molecule has 2 aromatic heterocycles. The van der Waals surface area contributed by atoms with Crippen LogP contribution in [0.2, 0.25) is 5.02 Å². The van der Waals surface area contributed by atoms with Crippen molar-refractivity contribution in [3.05, 3.63) is 84.9 Å². The second kappa shape index (κ2) is 21.2. The predicted molar refractivity (Wildman–Crippen MR) is 233 cm³/mol. The highest BCUT2D eigenvalue weighted by molar-refractivity contribution is 6.31. The summed E-state index contributed by atoms with van der Waals surface area (Å²) in [6, 6.07) is 5.22. The summed E-state index contributed by atoms with van der Waals surface area (Å²) in [6.45, 7) is 15.6. The number of fused-ring (bicyclic) bond motifs is 2. The van der Waals surface area contributed by atoms with Gasteiger partial charge in [-0.05, 0) is 127 Å². The van der Waals surface area contributed by atoms with Crippen LogP contribution in [0.15, 0.2) is 46.2 Å². The third kappa shape index (κ3) is 12.6. The first-order valence-electron chi connectivity index (χ1n) is 20.4. The average Bonchev–Trinajstić information content (AvgIpc) is 3.16. The van der Waals surface area contributed by atoms with Crippen LogP contribution in [-0.4, -0.2) is 109 Å². The number of carboxylic acid groups (broad SMARTS) is 2. The summed E-state index contributed by atoms with van der Waals surface area (Å²) in [5.74, 6) is -1.96. The van der Waals surface area contributed by atoms with Gasteiger partial charge in [0.25, 0.3) is 0 Å². The Balaban J connectivity index is 0.000000220. The van der Waals surface area contributed by atoms with E-state index in [4.69, 9.17) is 16.7 Å². The fourth-order valence-corrected chi connectivity index (χ4v) is 7.91. The molecule has 2 saturated heterocycles. The van der Waals surface area contributed by atoms with Crippen molar-refractivity contribution in [1.82, 2.24) is 24.3 Å². The zero-order chi connectivity index (χ0) is 43.7. The van der Waals surface area contributed by atoms with Crippen LogP contribution in [0, 0.1) is 35.3 Å². The number of halogens is 3. The van der Waals surface area contributed by atoms with Gasteiger partial charge in [0.1, 0.15) is 22.8 Å². The SMILES string of the molecule is CC(C)Cn1cc(C(=O)O)c(=O)c2cc(F)c(Cl)cc21.CC(C)Cn1cc(C(=O)O)c(=O)c2cc(F)c(N(C)CC3CCN(C)CC3)cc21.CNCC1CCN(C)CC1. The van der Waals surface area contributed by atoms with Crippen LogP contribution in [0.4, 0.5) is 14.5 Å². The Kier molecular flexibility index (Phi) is 17.0. The minimum Gasteiger partial charge on any atom is -0.477 e. The molecule has 0 amide bonds. The molecule has 0 atom stereocenters. The van der Waals surface area contributed by atoms with E-state index in [1.807, 2.05) is 46.7 Å². The Morgan fingerprint density at radius 2 is 1.19 bits per heavy atom. The van der Waals surface area contributed by atoms with Gasteiger partial charge in [-0.15, -0.1) is 0 Å². The van der Waals surface area contributed by atoms with Crippen molar-refractivity contribution in [2.45, 2.75) is 66.5 Å². The Labute approximate surface area is 350 Å². The zero-order valence-corrected chi connectivity index (χ0v) is 36.4. The Morgan fingerprint density at radius 1 is 0.763 bits per heavy atom. The molecule has 2 aliphatic heterocycles. The van der Waals surface area contributed by atoms with E-state index in [0.717, 1.165) is 44.5 Å². The van der Waals surface area contributed by atoms with Gasteiger partial charge in [0.05, 0.1) is 21.7 Å².